The Labute approximate surface area is 178 Å². The number of hydrogen-bond donors (Lipinski definition) is 1. The number of hydrogen-bond acceptors (Lipinski definition) is 9. The monoisotopic (exact) mass is 441 g/mol. The van der Waals surface area contributed by atoms with Crippen molar-refractivity contribution in [2.45, 2.75) is 24.2 Å². The molecule has 11 heteroatoms. The zero-order chi connectivity index (χ0) is 22.1. The van der Waals surface area contributed by atoms with Gasteiger partial charge in [-0.05, 0) is 42.8 Å². The van der Waals surface area contributed by atoms with Gasteiger partial charge in [0.05, 0.1) is 23.1 Å². The number of esters is 1. The van der Waals surface area contributed by atoms with Gasteiger partial charge in [0.2, 0.25) is 21.7 Å². The van der Waals surface area contributed by atoms with E-state index in [9.17, 15) is 13.2 Å². The van der Waals surface area contributed by atoms with E-state index in [2.05, 4.69) is 19.8 Å². The highest BCUT2D eigenvalue weighted by Crippen LogP contribution is 2.15. The van der Waals surface area contributed by atoms with E-state index in [1.807, 2.05) is 12.1 Å². The fraction of sp³-hybridized carbons (Fsp3) is 0.250. The van der Waals surface area contributed by atoms with Crippen LogP contribution < -0.4 is 4.72 Å². The molecule has 0 radical (unpaired) electrons. The summed E-state index contributed by atoms with van der Waals surface area (Å²) in [7, 11) is -3.73. The summed E-state index contributed by atoms with van der Waals surface area (Å²) in [6, 6.07) is 10.8. The molecule has 0 unspecified atom stereocenters. The number of benzene rings is 1. The Morgan fingerprint density at radius 1 is 1.23 bits per heavy atom. The van der Waals surface area contributed by atoms with Crippen molar-refractivity contribution in [3.63, 3.8) is 0 Å². The summed E-state index contributed by atoms with van der Waals surface area (Å²) >= 11 is 0. The second kappa shape index (κ2) is 10.4. The van der Waals surface area contributed by atoms with Crippen molar-refractivity contribution in [1.29, 1.82) is 5.26 Å². The predicted molar refractivity (Wildman–Crippen MR) is 108 cm³/mol. The molecular weight excluding hydrogens is 422 g/mol. The van der Waals surface area contributed by atoms with Gasteiger partial charge in [0.25, 0.3) is 0 Å². The lowest BCUT2D eigenvalue weighted by Crippen LogP contribution is -2.24. The lowest BCUT2D eigenvalue weighted by Gasteiger charge is -2.07. The number of aryl methyl sites for hydroxylation is 1. The average Bonchev–Trinajstić information content (AvgIpc) is 3.26. The number of ether oxygens (including phenoxy) is 1. The molecule has 0 spiro atoms. The molecule has 0 bridgehead atoms. The second-order valence-electron chi connectivity index (χ2n) is 6.32. The number of nitrogens with zero attached hydrogens (tertiary/aromatic N) is 4. The molecule has 2 heterocycles. The Kier molecular flexibility index (Phi) is 7.42. The summed E-state index contributed by atoms with van der Waals surface area (Å²) in [6.07, 6.45) is 4.27. The summed E-state index contributed by atoms with van der Waals surface area (Å²) in [5, 5.41) is 12.4. The lowest BCUT2D eigenvalue weighted by molar-refractivity contribution is 0.0498. The van der Waals surface area contributed by atoms with Gasteiger partial charge in [-0.1, -0.05) is 5.16 Å². The minimum atomic E-state index is -3.73. The molecule has 0 saturated carbocycles. The predicted octanol–water partition coefficient (Wildman–Crippen LogP) is 2.11. The smallest absolute Gasteiger partial charge is 0.338 e. The molecule has 3 aromatic rings. The van der Waals surface area contributed by atoms with Crippen LogP contribution in [0.2, 0.25) is 0 Å². The number of carbonyl (C=O) groups is 1. The molecule has 2 aromatic heterocycles. The van der Waals surface area contributed by atoms with E-state index in [0.29, 0.717) is 24.6 Å². The Morgan fingerprint density at radius 3 is 2.74 bits per heavy atom. The molecule has 1 aromatic carbocycles. The van der Waals surface area contributed by atoms with Crippen LogP contribution in [-0.2, 0) is 21.2 Å². The largest absolute Gasteiger partial charge is 0.462 e. The topological polar surface area (TPSA) is 148 Å². The van der Waals surface area contributed by atoms with Crippen molar-refractivity contribution in [2.24, 2.45) is 0 Å². The summed E-state index contributed by atoms with van der Waals surface area (Å²) in [4.78, 5) is 20.4. The molecule has 31 heavy (non-hydrogen) atoms. The molecule has 10 nitrogen and oxygen atoms in total. The van der Waals surface area contributed by atoms with E-state index in [-0.39, 0.29) is 30.0 Å². The molecule has 160 valence electrons. The Balaban J connectivity index is 1.46. The normalized spacial score (nSPS) is 11.1. The molecule has 0 aliphatic carbocycles. The van der Waals surface area contributed by atoms with Crippen LogP contribution in [0.3, 0.4) is 0 Å². The number of pyridine rings is 1. The van der Waals surface area contributed by atoms with Crippen molar-refractivity contribution < 1.29 is 22.5 Å². The minimum Gasteiger partial charge on any atom is -0.462 e. The minimum absolute atomic E-state index is 0.00260. The molecule has 0 atom stereocenters. The number of nitrogens with one attached hydrogen (secondary N) is 1. The Bertz CT molecular complexity index is 1150. The van der Waals surface area contributed by atoms with Gasteiger partial charge in [-0.15, -0.1) is 0 Å². The second-order valence-corrected chi connectivity index (χ2v) is 8.09. The van der Waals surface area contributed by atoms with Crippen LogP contribution in [-0.4, -0.2) is 42.7 Å². The van der Waals surface area contributed by atoms with Gasteiger partial charge in [0.15, 0.2) is 0 Å². The summed E-state index contributed by atoms with van der Waals surface area (Å²) in [5.41, 5.74) is 0.974. The standard InChI is InChI=1S/C20H19N5O5S/c21-10-3-12-23-31(27,28)17-8-6-15(7-9-17)20(26)29-13-2-5-18-24-19(25-30-18)16-4-1-11-22-14-16/h1,4,6-9,11,14,23H,2-3,5,12-13H2. The fourth-order valence-corrected chi connectivity index (χ4v) is 3.57. The van der Waals surface area contributed by atoms with Crippen molar-refractivity contribution >= 4 is 16.0 Å². The molecule has 3 rings (SSSR count). The van der Waals surface area contributed by atoms with Gasteiger partial charge >= 0.3 is 5.97 Å². The first-order chi connectivity index (χ1) is 15.0. The van der Waals surface area contributed by atoms with E-state index in [1.54, 1.807) is 18.5 Å². The van der Waals surface area contributed by atoms with Crippen LogP contribution in [0.25, 0.3) is 11.4 Å². The number of sulfonamides is 1. The molecule has 0 saturated heterocycles. The highest BCUT2D eigenvalue weighted by molar-refractivity contribution is 7.89. The van der Waals surface area contributed by atoms with Crippen LogP contribution in [0.1, 0.15) is 29.1 Å². The van der Waals surface area contributed by atoms with Crippen LogP contribution in [0.5, 0.6) is 0 Å². The van der Waals surface area contributed by atoms with E-state index in [1.165, 1.54) is 24.3 Å². The zero-order valence-corrected chi connectivity index (χ0v) is 17.2. The van der Waals surface area contributed by atoms with Gasteiger partial charge in [0.1, 0.15) is 0 Å². The first kappa shape index (κ1) is 22.1. The summed E-state index contributed by atoms with van der Waals surface area (Å²) < 4.78 is 36.8. The van der Waals surface area contributed by atoms with Crippen LogP contribution in [0, 0.1) is 11.3 Å². The van der Waals surface area contributed by atoms with Gasteiger partial charge in [0, 0.05) is 37.3 Å². The van der Waals surface area contributed by atoms with Gasteiger partial charge in [-0.3, -0.25) is 4.98 Å². The summed E-state index contributed by atoms with van der Waals surface area (Å²) in [6.45, 7) is 0.158. The third-order valence-electron chi connectivity index (χ3n) is 4.09. The van der Waals surface area contributed by atoms with E-state index in [0.717, 1.165) is 5.56 Å². The number of rotatable bonds is 10. The van der Waals surface area contributed by atoms with E-state index < -0.39 is 16.0 Å². The highest BCUT2D eigenvalue weighted by Gasteiger charge is 2.15. The highest BCUT2D eigenvalue weighted by atomic mass is 32.2. The molecule has 0 fully saturated rings. The van der Waals surface area contributed by atoms with Crippen molar-refractivity contribution in [2.75, 3.05) is 13.2 Å². The van der Waals surface area contributed by atoms with Crippen LogP contribution >= 0.6 is 0 Å². The fourth-order valence-electron chi connectivity index (χ4n) is 2.54. The van der Waals surface area contributed by atoms with Gasteiger partial charge in [-0.25, -0.2) is 17.9 Å². The van der Waals surface area contributed by atoms with Crippen molar-refractivity contribution in [1.82, 2.24) is 19.8 Å². The molecule has 0 aliphatic heterocycles. The van der Waals surface area contributed by atoms with Crippen molar-refractivity contribution in [3.8, 4) is 17.5 Å². The number of carbonyl (C=O) groups excluding carboxylic acids is 1. The molecule has 0 aliphatic rings. The first-order valence-electron chi connectivity index (χ1n) is 9.36. The maximum atomic E-state index is 12.1. The third kappa shape index (κ3) is 6.18. The van der Waals surface area contributed by atoms with Crippen LogP contribution in [0.4, 0.5) is 0 Å². The molecule has 1 N–H and O–H groups in total. The quantitative estimate of drug-likeness (QED) is 0.369. The van der Waals surface area contributed by atoms with Crippen molar-refractivity contribution in [3.05, 3.63) is 60.2 Å². The number of aromatic nitrogens is 3. The zero-order valence-electron chi connectivity index (χ0n) is 16.4. The number of nitriles is 1. The lowest BCUT2D eigenvalue weighted by atomic mass is 10.2. The maximum absolute atomic E-state index is 12.1. The van der Waals surface area contributed by atoms with Crippen LogP contribution in [0.15, 0.2) is 58.2 Å². The van der Waals surface area contributed by atoms with E-state index in [4.69, 9.17) is 14.5 Å². The van der Waals surface area contributed by atoms with Gasteiger partial charge in [-0.2, -0.15) is 10.2 Å². The first-order valence-corrected chi connectivity index (χ1v) is 10.8. The SMILES string of the molecule is N#CCCNS(=O)(=O)c1ccc(C(=O)OCCCc2nc(-c3cccnc3)no2)cc1. The molecular formula is C20H19N5O5S. The third-order valence-corrected chi connectivity index (χ3v) is 5.56. The Hall–Kier alpha value is -3.62. The average molecular weight is 441 g/mol. The maximum Gasteiger partial charge on any atom is 0.338 e. The summed E-state index contributed by atoms with van der Waals surface area (Å²) in [5.74, 6) is 0.300. The Morgan fingerprint density at radius 2 is 2.03 bits per heavy atom. The van der Waals surface area contributed by atoms with E-state index >= 15 is 0 Å². The molecule has 0 amide bonds. The van der Waals surface area contributed by atoms with Gasteiger partial charge < -0.3 is 9.26 Å².